The molecule has 1 fully saturated rings. The number of nitrogens with one attached hydrogen (secondary N) is 1. The van der Waals surface area contributed by atoms with E-state index in [4.69, 9.17) is 23.2 Å². The third kappa shape index (κ3) is 4.18. The number of anilines is 3. The minimum atomic E-state index is -0.687. The molecule has 2 aromatic heterocycles. The molecule has 0 bridgehead atoms. The number of benzene rings is 1. The van der Waals surface area contributed by atoms with Gasteiger partial charge in [0.05, 0.1) is 28.0 Å². The van der Waals surface area contributed by atoms with Crippen molar-refractivity contribution in [3.8, 4) is 0 Å². The van der Waals surface area contributed by atoms with Gasteiger partial charge in [-0.1, -0.05) is 29.8 Å². The van der Waals surface area contributed by atoms with Crippen molar-refractivity contribution >= 4 is 57.6 Å². The summed E-state index contributed by atoms with van der Waals surface area (Å²) in [6.07, 6.45) is 5.05. The number of carbonyl (C=O) groups is 1. The third-order valence-electron chi connectivity index (χ3n) is 5.34. The summed E-state index contributed by atoms with van der Waals surface area (Å²) in [5.74, 6) is 0.00656. The SMILES string of the molecule is C=CC(=O)N1CC[C@H](N(CC)c2ncc3ncnc(Nc4ccc(Cl)c(Cl)c4F)c3n2)C1. The molecule has 4 rings (SSSR count). The van der Waals surface area contributed by atoms with Crippen molar-refractivity contribution in [3.05, 3.63) is 53.2 Å². The molecule has 0 unspecified atom stereocenters. The Kier molecular flexibility index (Phi) is 6.38. The van der Waals surface area contributed by atoms with E-state index in [-0.39, 0.29) is 27.7 Å². The number of rotatable bonds is 6. The van der Waals surface area contributed by atoms with Gasteiger partial charge in [0.2, 0.25) is 11.9 Å². The number of likely N-dealkylation sites (N-methyl/N-ethyl adjacent to an activating group) is 1. The summed E-state index contributed by atoms with van der Waals surface area (Å²) in [4.78, 5) is 33.3. The quantitative estimate of drug-likeness (QED) is 0.421. The average molecular weight is 476 g/mol. The first-order chi connectivity index (χ1) is 15.4. The number of hydrogen-bond donors (Lipinski definition) is 1. The van der Waals surface area contributed by atoms with Crippen molar-refractivity contribution in [2.75, 3.05) is 29.9 Å². The number of hydrogen-bond acceptors (Lipinski definition) is 7. The highest BCUT2D eigenvalue weighted by Crippen LogP contribution is 2.32. The molecule has 1 amide bonds. The van der Waals surface area contributed by atoms with Crippen molar-refractivity contribution < 1.29 is 9.18 Å². The van der Waals surface area contributed by atoms with Gasteiger partial charge in [-0.15, -0.1) is 0 Å². The lowest BCUT2D eigenvalue weighted by Gasteiger charge is -2.27. The van der Waals surface area contributed by atoms with Crippen LogP contribution in [0.4, 0.5) is 21.8 Å². The lowest BCUT2D eigenvalue weighted by Crippen LogP contribution is -2.39. The topological polar surface area (TPSA) is 87.1 Å². The fourth-order valence-corrected chi connectivity index (χ4v) is 4.02. The van der Waals surface area contributed by atoms with Crippen molar-refractivity contribution in [3.63, 3.8) is 0 Å². The molecule has 1 aliphatic rings. The molecule has 3 aromatic rings. The number of aromatic nitrogens is 4. The normalized spacial score (nSPS) is 15.8. The second kappa shape index (κ2) is 9.22. The second-order valence-corrected chi connectivity index (χ2v) is 7.98. The molecule has 1 aromatic carbocycles. The Morgan fingerprint density at radius 1 is 1.38 bits per heavy atom. The van der Waals surface area contributed by atoms with Crippen molar-refractivity contribution in [2.45, 2.75) is 19.4 Å². The van der Waals surface area contributed by atoms with Crippen LogP contribution in [-0.4, -0.2) is 56.4 Å². The summed E-state index contributed by atoms with van der Waals surface area (Å²) < 4.78 is 14.5. The van der Waals surface area contributed by atoms with Gasteiger partial charge in [0.15, 0.2) is 11.6 Å². The van der Waals surface area contributed by atoms with Crippen LogP contribution in [0.15, 0.2) is 37.3 Å². The third-order valence-corrected chi connectivity index (χ3v) is 6.12. The summed E-state index contributed by atoms with van der Waals surface area (Å²) in [5.41, 5.74) is 1.04. The van der Waals surface area contributed by atoms with Crippen LogP contribution in [0.1, 0.15) is 13.3 Å². The molecule has 8 nitrogen and oxygen atoms in total. The molecule has 1 N–H and O–H groups in total. The Labute approximate surface area is 194 Å². The maximum absolute atomic E-state index is 14.5. The summed E-state index contributed by atoms with van der Waals surface area (Å²) in [6, 6.07) is 3.03. The Balaban J connectivity index is 1.67. The van der Waals surface area contributed by atoms with Crippen LogP contribution in [-0.2, 0) is 4.79 Å². The molecule has 32 heavy (non-hydrogen) atoms. The highest BCUT2D eigenvalue weighted by atomic mass is 35.5. The molecule has 0 spiro atoms. The predicted molar refractivity (Wildman–Crippen MR) is 123 cm³/mol. The molecule has 11 heteroatoms. The first-order valence-electron chi connectivity index (χ1n) is 9.99. The smallest absolute Gasteiger partial charge is 0.246 e. The van der Waals surface area contributed by atoms with Gasteiger partial charge in [-0.2, -0.15) is 0 Å². The Bertz CT molecular complexity index is 1190. The van der Waals surface area contributed by atoms with E-state index in [1.165, 1.54) is 24.5 Å². The van der Waals surface area contributed by atoms with E-state index in [1.54, 1.807) is 11.1 Å². The van der Waals surface area contributed by atoms with Gasteiger partial charge in [-0.3, -0.25) is 4.79 Å². The van der Waals surface area contributed by atoms with E-state index in [9.17, 15) is 9.18 Å². The average Bonchev–Trinajstić information content (AvgIpc) is 3.29. The minimum absolute atomic E-state index is 0.0647. The fourth-order valence-electron chi connectivity index (χ4n) is 3.71. The number of nitrogens with zero attached hydrogens (tertiary/aromatic N) is 6. The van der Waals surface area contributed by atoms with Crippen LogP contribution < -0.4 is 10.2 Å². The van der Waals surface area contributed by atoms with Gasteiger partial charge in [0, 0.05) is 19.6 Å². The van der Waals surface area contributed by atoms with Crippen LogP contribution in [0, 0.1) is 5.82 Å². The number of amides is 1. The van der Waals surface area contributed by atoms with Gasteiger partial charge in [-0.25, -0.2) is 24.3 Å². The number of likely N-dealkylation sites (tertiary alicyclic amines) is 1. The Hall–Kier alpha value is -3.04. The molecule has 166 valence electrons. The molecular formula is C21H20Cl2FN7O. The van der Waals surface area contributed by atoms with E-state index in [1.807, 2.05) is 11.8 Å². The highest BCUT2D eigenvalue weighted by Gasteiger charge is 2.30. The lowest BCUT2D eigenvalue weighted by molar-refractivity contribution is -0.125. The standard InChI is InChI=1S/C21H20Cl2FN7O/c1-3-16(32)30-8-7-12(10-30)31(4-2)21-25-9-15-19(29-21)20(27-11-26-15)28-14-6-5-13(22)17(23)18(14)24/h3,5-6,9,11-12H,1,4,7-8,10H2,2H3,(H,26,27,28)/t12-/m0/s1. The van der Waals surface area contributed by atoms with Gasteiger partial charge in [0.25, 0.3) is 0 Å². The van der Waals surface area contributed by atoms with E-state index in [0.717, 1.165) is 6.42 Å². The van der Waals surface area contributed by atoms with Crippen molar-refractivity contribution in [1.82, 2.24) is 24.8 Å². The van der Waals surface area contributed by atoms with Gasteiger partial charge in [0.1, 0.15) is 17.4 Å². The van der Waals surface area contributed by atoms with Crippen LogP contribution in [0.25, 0.3) is 11.0 Å². The van der Waals surface area contributed by atoms with Gasteiger partial charge < -0.3 is 15.1 Å². The molecule has 0 saturated carbocycles. The molecule has 0 aliphatic carbocycles. The summed E-state index contributed by atoms with van der Waals surface area (Å²) in [7, 11) is 0. The minimum Gasteiger partial charge on any atom is -0.337 e. The molecular weight excluding hydrogens is 456 g/mol. The Morgan fingerprint density at radius 3 is 2.94 bits per heavy atom. The van der Waals surface area contributed by atoms with Crippen molar-refractivity contribution in [1.29, 1.82) is 0 Å². The van der Waals surface area contributed by atoms with Crippen LogP contribution in [0.5, 0.6) is 0 Å². The zero-order valence-corrected chi connectivity index (χ0v) is 18.7. The van der Waals surface area contributed by atoms with Gasteiger partial charge >= 0.3 is 0 Å². The van der Waals surface area contributed by atoms with E-state index >= 15 is 0 Å². The monoisotopic (exact) mass is 475 g/mol. The molecule has 1 atom stereocenters. The van der Waals surface area contributed by atoms with E-state index in [2.05, 4.69) is 31.8 Å². The van der Waals surface area contributed by atoms with E-state index in [0.29, 0.717) is 42.4 Å². The Morgan fingerprint density at radius 2 is 2.19 bits per heavy atom. The number of carbonyl (C=O) groups excluding carboxylic acids is 1. The first-order valence-corrected chi connectivity index (χ1v) is 10.7. The molecule has 3 heterocycles. The highest BCUT2D eigenvalue weighted by molar-refractivity contribution is 6.42. The predicted octanol–water partition coefficient (Wildman–Crippen LogP) is 4.22. The van der Waals surface area contributed by atoms with Gasteiger partial charge in [-0.05, 0) is 31.6 Å². The largest absolute Gasteiger partial charge is 0.337 e. The maximum Gasteiger partial charge on any atom is 0.246 e. The molecule has 1 saturated heterocycles. The van der Waals surface area contributed by atoms with E-state index < -0.39 is 5.82 Å². The zero-order valence-electron chi connectivity index (χ0n) is 17.2. The second-order valence-electron chi connectivity index (χ2n) is 7.19. The lowest BCUT2D eigenvalue weighted by atomic mass is 10.2. The van der Waals surface area contributed by atoms with Crippen LogP contribution in [0.3, 0.4) is 0 Å². The van der Waals surface area contributed by atoms with Crippen LogP contribution >= 0.6 is 23.2 Å². The number of halogens is 3. The number of fused-ring (bicyclic) bond motifs is 1. The fraction of sp³-hybridized carbons (Fsp3) is 0.286. The summed E-state index contributed by atoms with van der Waals surface area (Å²) in [6.45, 7) is 7.40. The van der Waals surface area contributed by atoms with Crippen molar-refractivity contribution in [2.24, 2.45) is 0 Å². The maximum atomic E-state index is 14.5. The summed E-state index contributed by atoms with van der Waals surface area (Å²) >= 11 is 11.8. The zero-order chi connectivity index (χ0) is 22.8. The first kappa shape index (κ1) is 22.2. The molecule has 0 radical (unpaired) electrons. The van der Waals surface area contributed by atoms with Crippen LogP contribution in [0.2, 0.25) is 10.0 Å². The molecule has 1 aliphatic heterocycles. The summed E-state index contributed by atoms with van der Waals surface area (Å²) in [5, 5.41) is 2.86.